The molecule has 3 aromatic rings. The van der Waals surface area contributed by atoms with E-state index in [1.54, 1.807) is 12.1 Å². The Morgan fingerprint density at radius 2 is 1.96 bits per heavy atom. The first kappa shape index (κ1) is 18.8. The zero-order chi connectivity index (χ0) is 19.7. The number of nitrogens with two attached hydrogens (primary N) is 1. The molecule has 0 spiro atoms. The number of carbonyl (C=O) groups is 1. The Labute approximate surface area is 156 Å². The molecule has 2 N–H and O–H groups in total. The Morgan fingerprint density at radius 3 is 2.56 bits per heavy atom. The first-order chi connectivity index (χ1) is 12.8. The average Bonchev–Trinajstić information content (AvgIpc) is 3.20. The van der Waals surface area contributed by atoms with Crippen LogP contribution >= 0.6 is 0 Å². The molecule has 7 nitrogen and oxygen atoms in total. The first-order valence-electron chi connectivity index (χ1n) is 8.63. The number of benzene rings is 1. The number of halogens is 1. The molecule has 0 fully saturated rings. The third-order valence-corrected chi connectivity index (χ3v) is 4.49. The van der Waals surface area contributed by atoms with Gasteiger partial charge in [-0.25, -0.2) is 9.18 Å². The number of aromatic nitrogens is 3. The van der Waals surface area contributed by atoms with Crippen LogP contribution in [0, 0.1) is 19.7 Å². The lowest BCUT2D eigenvalue weighted by Crippen LogP contribution is -2.44. The Hall–Kier alpha value is -3.00. The first-order valence-corrected chi connectivity index (χ1v) is 8.63. The van der Waals surface area contributed by atoms with Crippen molar-refractivity contribution in [2.45, 2.75) is 33.7 Å². The van der Waals surface area contributed by atoms with Crippen LogP contribution in [0.4, 0.5) is 9.18 Å². The molecule has 0 aliphatic carbocycles. The monoisotopic (exact) mass is 371 g/mol. The minimum Gasteiger partial charge on any atom is -0.363 e. The zero-order valence-corrected chi connectivity index (χ0v) is 15.7. The Morgan fingerprint density at radius 1 is 1.30 bits per heavy atom. The molecule has 1 amide bonds. The van der Waals surface area contributed by atoms with Crippen LogP contribution in [0.25, 0.3) is 22.4 Å². The third kappa shape index (κ3) is 3.35. The number of carbonyl (C=O) groups excluding carboxylic acids is 1. The van der Waals surface area contributed by atoms with Gasteiger partial charge in [-0.15, -0.1) is 0 Å². The summed E-state index contributed by atoms with van der Waals surface area (Å²) in [6, 6.07) is 5.64. The SMILES string of the molecule is Cc1nn(C(=O)N(CN)C(C)C)c(C)c1-c1conc1-c1ccc(F)cc1. The zero-order valence-electron chi connectivity index (χ0n) is 15.7. The maximum atomic E-state index is 13.2. The summed E-state index contributed by atoms with van der Waals surface area (Å²) in [5.74, 6) is -0.329. The minimum absolute atomic E-state index is 0.0553. The second-order valence-corrected chi connectivity index (χ2v) is 6.57. The molecule has 27 heavy (non-hydrogen) atoms. The number of nitrogens with zero attached hydrogens (tertiary/aromatic N) is 4. The smallest absolute Gasteiger partial charge is 0.346 e. The van der Waals surface area contributed by atoms with E-state index < -0.39 is 0 Å². The summed E-state index contributed by atoms with van der Waals surface area (Å²) in [7, 11) is 0. The predicted octanol–water partition coefficient (Wildman–Crippen LogP) is 3.56. The summed E-state index contributed by atoms with van der Waals surface area (Å²) in [4.78, 5) is 14.4. The highest BCUT2D eigenvalue weighted by molar-refractivity contribution is 5.85. The molecule has 0 unspecified atom stereocenters. The maximum Gasteiger partial charge on any atom is 0.346 e. The summed E-state index contributed by atoms with van der Waals surface area (Å²) in [5, 5.41) is 8.47. The summed E-state index contributed by atoms with van der Waals surface area (Å²) in [6.45, 7) is 7.51. The van der Waals surface area contributed by atoms with Crippen LogP contribution in [-0.2, 0) is 0 Å². The Balaban J connectivity index is 2.08. The molecule has 8 heteroatoms. The molecule has 2 aromatic heterocycles. The van der Waals surface area contributed by atoms with Gasteiger partial charge in [0.25, 0.3) is 0 Å². The van der Waals surface area contributed by atoms with Crippen LogP contribution in [0.1, 0.15) is 25.2 Å². The van der Waals surface area contributed by atoms with Crippen molar-refractivity contribution in [3.05, 3.63) is 47.7 Å². The van der Waals surface area contributed by atoms with Gasteiger partial charge in [0.1, 0.15) is 17.8 Å². The number of amides is 1. The molecule has 0 aliphatic rings. The molecule has 0 atom stereocenters. The summed E-state index contributed by atoms with van der Waals surface area (Å²) in [6.07, 6.45) is 1.51. The van der Waals surface area contributed by atoms with E-state index in [1.807, 2.05) is 27.7 Å². The number of aryl methyl sites for hydroxylation is 1. The Bertz CT molecular complexity index is 959. The number of hydrogen-bond acceptors (Lipinski definition) is 5. The van der Waals surface area contributed by atoms with E-state index in [-0.39, 0.29) is 24.6 Å². The summed E-state index contributed by atoms with van der Waals surface area (Å²) >= 11 is 0. The molecule has 0 saturated heterocycles. The van der Waals surface area contributed by atoms with Crippen molar-refractivity contribution in [1.82, 2.24) is 19.8 Å². The maximum absolute atomic E-state index is 13.2. The van der Waals surface area contributed by atoms with Crippen molar-refractivity contribution in [1.29, 1.82) is 0 Å². The molecule has 1 aromatic carbocycles. The molecule has 0 radical (unpaired) electrons. The van der Waals surface area contributed by atoms with Crippen molar-refractivity contribution in [2.75, 3.05) is 6.67 Å². The molecule has 0 aliphatic heterocycles. The largest absolute Gasteiger partial charge is 0.363 e. The van der Waals surface area contributed by atoms with Gasteiger partial charge < -0.3 is 15.2 Å². The highest BCUT2D eigenvalue weighted by atomic mass is 19.1. The van der Waals surface area contributed by atoms with E-state index in [0.29, 0.717) is 28.2 Å². The van der Waals surface area contributed by atoms with Crippen LogP contribution in [0.2, 0.25) is 0 Å². The van der Waals surface area contributed by atoms with Gasteiger partial charge >= 0.3 is 6.03 Å². The lowest BCUT2D eigenvalue weighted by molar-refractivity contribution is 0.183. The quantitative estimate of drug-likeness (QED) is 0.708. The van der Waals surface area contributed by atoms with Crippen molar-refractivity contribution in [3.63, 3.8) is 0 Å². The second kappa shape index (κ2) is 7.32. The summed E-state index contributed by atoms with van der Waals surface area (Å²) in [5.41, 5.74) is 9.76. The van der Waals surface area contributed by atoms with Crippen LogP contribution in [0.15, 0.2) is 35.1 Å². The standard InChI is InChI=1S/C19H22FN5O2/c1-11(2)24(10-21)19(26)25-13(4)17(12(3)22-25)16-9-27-23-18(16)14-5-7-15(20)8-6-14/h5-9,11H,10,21H2,1-4H3. The van der Waals surface area contributed by atoms with Crippen LogP contribution in [0.5, 0.6) is 0 Å². The van der Waals surface area contributed by atoms with Gasteiger partial charge in [-0.2, -0.15) is 9.78 Å². The Kier molecular flexibility index (Phi) is 5.09. The summed E-state index contributed by atoms with van der Waals surface area (Å²) < 4.78 is 19.8. The molecule has 0 saturated carbocycles. The van der Waals surface area contributed by atoms with Crippen LogP contribution < -0.4 is 5.73 Å². The van der Waals surface area contributed by atoms with Gasteiger partial charge in [0.05, 0.1) is 23.6 Å². The van der Waals surface area contributed by atoms with Crippen LogP contribution in [0.3, 0.4) is 0 Å². The molecule has 0 bridgehead atoms. The number of hydrogen-bond donors (Lipinski definition) is 1. The van der Waals surface area contributed by atoms with E-state index in [4.69, 9.17) is 10.3 Å². The second-order valence-electron chi connectivity index (χ2n) is 6.57. The lowest BCUT2D eigenvalue weighted by atomic mass is 10.0. The molecular weight excluding hydrogens is 349 g/mol. The fourth-order valence-corrected chi connectivity index (χ4v) is 3.08. The van der Waals surface area contributed by atoms with Gasteiger partial charge in [0.2, 0.25) is 0 Å². The average molecular weight is 371 g/mol. The van der Waals surface area contributed by atoms with Crippen LogP contribution in [-0.4, -0.2) is 38.6 Å². The highest BCUT2D eigenvalue weighted by Gasteiger charge is 2.25. The van der Waals surface area contributed by atoms with Crippen molar-refractivity contribution < 1.29 is 13.7 Å². The van der Waals surface area contributed by atoms with E-state index >= 15 is 0 Å². The molecule has 3 rings (SSSR count). The van der Waals surface area contributed by atoms with Crippen molar-refractivity contribution in [2.24, 2.45) is 5.73 Å². The fourth-order valence-electron chi connectivity index (χ4n) is 3.08. The topological polar surface area (TPSA) is 90.2 Å². The van der Waals surface area contributed by atoms with E-state index in [9.17, 15) is 9.18 Å². The third-order valence-electron chi connectivity index (χ3n) is 4.49. The lowest BCUT2D eigenvalue weighted by Gasteiger charge is -2.24. The van der Waals surface area contributed by atoms with Crippen molar-refractivity contribution in [3.8, 4) is 22.4 Å². The predicted molar refractivity (Wildman–Crippen MR) is 99.4 cm³/mol. The van der Waals surface area contributed by atoms with E-state index in [0.717, 1.165) is 5.56 Å². The normalized spacial score (nSPS) is 11.2. The van der Waals surface area contributed by atoms with Gasteiger partial charge in [-0.1, -0.05) is 5.16 Å². The molecule has 142 valence electrons. The highest BCUT2D eigenvalue weighted by Crippen LogP contribution is 2.35. The van der Waals surface area contributed by atoms with Gasteiger partial charge in [0, 0.05) is 17.2 Å². The van der Waals surface area contributed by atoms with E-state index in [2.05, 4.69) is 10.3 Å². The minimum atomic E-state index is -0.329. The fraction of sp³-hybridized carbons (Fsp3) is 0.316. The molecular formula is C19H22FN5O2. The van der Waals surface area contributed by atoms with Gasteiger partial charge in [-0.05, 0) is 52.0 Å². The van der Waals surface area contributed by atoms with Gasteiger partial charge in [0.15, 0.2) is 0 Å². The van der Waals surface area contributed by atoms with E-state index in [1.165, 1.54) is 28.0 Å². The number of rotatable bonds is 4. The molecule has 2 heterocycles. The van der Waals surface area contributed by atoms with Crippen molar-refractivity contribution >= 4 is 6.03 Å². The van der Waals surface area contributed by atoms with Gasteiger partial charge in [-0.3, -0.25) is 0 Å².